The monoisotopic (exact) mass is 328 g/mol. The molecule has 0 unspecified atom stereocenters. The van der Waals surface area contributed by atoms with E-state index in [0.717, 1.165) is 6.02 Å². The Morgan fingerprint density at radius 2 is 1.52 bits per heavy atom. The third-order valence-electron chi connectivity index (χ3n) is 4.26. The number of amidine groups is 1. The van der Waals surface area contributed by atoms with Crippen molar-refractivity contribution in [2.75, 3.05) is 7.11 Å². The summed E-state index contributed by atoms with van der Waals surface area (Å²) >= 11 is 0. The van der Waals surface area contributed by atoms with E-state index < -0.39 is 11.9 Å². The molecule has 2 rings (SSSR count). The zero-order chi connectivity index (χ0) is 17.1. The normalized spacial score (nSPS) is 20.1. The Balaban J connectivity index is 0.000000379. The minimum Gasteiger partial charge on any atom is -0.539 e. The predicted molar refractivity (Wildman–Crippen MR) is 82.5 cm³/mol. The first-order chi connectivity index (χ1) is 11.0. The van der Waals surface area contributed by atoms with E-state index in [4.69, 9.17) is 24.5 Å². The lowest BCUT2D eigenvalue weighted by atomic mass is 9.95. The molecular formula is C16H28N2O5. The number of aliphatic carboxylic acids is 2. The summed E-state index contributed by atoms with van der Waals surface area (Å²) in [6, 6.07) is 2.15. The second kappa shape index (κ2) is 10.9. The van der Waals surface area contributed by atoms with E-state index in [9.17, 15) is 0 Å². The maximum Gasteiger partial charge on any atom is 0.442 e. The van der Waals surface area contributed by atoms with Crippen LogP contribution in [-0.4, -0.2) is 42.3 Å². The Morgan fingerprint density at radius 3 is 1.96 bits per heavy atom. The summed E-state index contributed by atoms with van der Waals surface area (Å²) in [5, 5.41) is 19.9. The summed E-state index contributed by atoms with van der Waals surface area (Å²) in [6.07, 6.45) is 13.4. The van der Waals surface area contributed by atoms with Gasteiger partial charge in [-0.05, 0) is 51.4 Å². The van der Waals surface area contributed by atoms with Gasteiger partial charge in [-0.1, -0.05) is 12.8 Å². The van der Waals surface area contributed by atoms with E-state index >= 15 is 0 Å². The van der Waals surface area contributed by atoms with Crippen LogP contribution in [0.25, 0.3) is 0 Å². The van der Waals surface area contributed by atoms with Crippen molar-refractivity contribution in [3.63, 3.8) is 0 Å². The molecule has 0 radical (unpaired) electrons. The van der Waals surface area contributed by atoms with Crippen LogP contribution in [0.2, 0.25) is 0 Å². The number of hydrogen-bond donors (Lipinski definition) is 3. The SMILES string of the molecule is COC(NC1CCCCC1)=[NH+]C1CCCCC1.O=C([O-])C(=O)O. The molecule has 132 valence electrons. The molecule has 2 aliphatic rings. The van der Waals surface area contributed by atoms with Crippen LogP contribution in [0.15, 0.2) is 0 Å². The number of rotatable bonds is 2. The Labute approximate surface area is 137 Å². The van der Waals surface area contributed by atoms with Gasteiger partial charge < -0.3 is 19.7 Å². The van der Waals surface area contributed by atoms with Crippen LogP contribution < -0.4 is 15.4 Å². The van der Waals surface area contributed by atoms with Crippen LogP contribution in [0.3, 0.4) is 0 Å². The fourth-order valence-corrected chi connectivity index (χ4v) is 3.02. The van der Waals surface area contributed by atoms with Crippen molar-refractivity contribution >= 4 is 18.0 Å². The summed E-state index contributed by atoms with van der Waals surface area (Å²) in [5.41, 5.74) is 0. The highest BCUT2D eigenvalue weighted by molar-refractivity contribution is 6.26. The van der Waals surface area contributed by atoms with Gasteiger partial charge in [-0.15, -0.1) is 0 Å². The number of hydrogen-bond acceptors (Lipinski definition) is 4. The molecule has 0 bridgehead atoms. The molecular weight excluding hydrogens is 300 g/mol. The summed E-state index contributed by atoms with van der Waals surface area (Å²) in [7, 11) is 1.76. The molecule has 2 fully saturated rings. The molecule has 7 heteroatoms. The van der Waals surface area contributed by atoms with Gasteiger partial charge in [0.15, 0.2) is 5.97 Å². The fourth-order valence-electron chi connectivity index (χ4n) is 3.02. The van der Waals surface area contributed by atoms with E-state index in [-0.39, 0.29) is 0 Å². The molecule has 0 aromatic carbocycles. The summed E-state index contributed by atoms with van der Waals surface area (Å²) < 4.78 is 5.45. The lowest BCUT2D eigenvalue weighted by Gasteiger charge is -2.20. The van der Waals surface area contributed by atoms with Gasteiger partial charge in [0.25, 0.3) is 0 Å². The first kappa shape index (κ1) is 19.3. The standard InChI is InChI=1S/C14H26N2O.C2H2O4/c1-17-14(15-12-8-4-2-5-9-12)16-13-10-6-3-7-11-13;3-1(4)2(5)6/h12-13H,2-11H2,1H3,(H,15,16);(H,3,4)(H,5,6). The minimum absolute atomic E-state index is 0.620. The van der Waals surface area contributed by atoms with Gasteiger partial charge in [0, 0.05) is 0 Å². The molecule has 0 aromatic rings. The number of ether oxygens (including phenoxy) is 1. The average molecular weight is 328 g/mol. The zero-order valence-electron chi connectivity index (χ0n) is 13.8. The molecule has 0 heterocycles. The Kier molecular flexibility index (Phi) is 9.09. The fraction of sp³-hybridized carbons (Fsp3) is 0.812. The molecule has 0 aromatic heterocycles. The molecule has 2 saturated carbocycles. The average Bonchev–Trinajstić information content (AvgIpc) is 2.56. The topological polar surface area (TPSA) is 113 Å². The lowest BCUT2D eigenvalue weighted by Crippen LogP contribution is -2.83. The van der Waals surface area contributed by atoms with Gasteiger partial charge in [0.1, 0.15) is 0 Å². The minimum atomic E-state index is -2.07. The third kappa shape index (κ3) is 8.42. The first-order valence-electron chi connectivity index (χ1n) is 8.41. The Hall–Kier alpha value is -1.79. The van der Waals surface area contributed by atoms with E-state index in [1.807, 2.05) is 0 Å². The van der Waals surface area contributed by atoms with E-state index in [1.54, 1.807) is 7.11 Å². The number of nitrogens with one attached hydrogen (secondary N) is 2. The van der Waals surface area contributed by atoms with Crippen LogP contribution >= 0.6 is 0 Å². The molecule has 0 atom stereocenters. The number of carbonyl (C=O) groups excluding carboxylic acids is 1. The van der Waals surface area contributed by atoms with Crippen molar-refractivity contribution < 1.29 is 29.5 Å². The number of carboxylic acid groups (broad SMARTS) is 2. The number of carbonyl (C=O) groups is 2. The van der Waals surface area contributed by atoms with Crippen molar-refractivity contribution in [3.8, 4) is 0 Å². The molecule has 23 heavy (non-hydrogen) atoms. The second-order valence-electron chi connectivity index (χ2n) is 6.08. The van der Waals surface area contributed by atoms with E-state index in [1.165, 1.54) is 64.2 Å². The molecule has 7 nitrogen and oxygen atoms in total. The van der Waals surface area contributed by atoms with Crippen molar-refractivity contribution in [1.29, 1.82) is 0 Å². The molecule has 2 aliphatic carbocycles. The Morgan fingerprint density at radius 1 is 1.04 bits per heavy atom. The lowest BCUT2D eigenvalue weighted by molar-refractivity contribution is -0.518. The van der Waals surface area contributed by atoms with Gasteiger partial charge >= 0.3 is 12.0 Å². The van der Waals surface area contributed by atoms with Crippen LogP contribution in [0.1, 0.15) is 64.2 Å². The van der Waals surface area contributed by atoms with E-state index in [0.29, 0.717) is 12.1 Å². The third-order valence-corrected chi connectivity index (χ3v) is 4.26. The first-order valence-corrected chi connectivity index (χ1v) is 8.41. The highest BCUT2D eigenvalue weighted by atomic mass is 16.5. The van der Waals surface area contributed by atoms with Gasteiger partial charge in [0.05, 0.1) is 19.2 Å². The number of methoxy groups -OCH3 is 1. The molecule has 0 aliphatic heterocycles. The molecule has 0 saturated heterocycles. The molecule has 0 amide bonds. The second-order valence-corrected chi connectivity index (χ2v) is 6.08. The highest BCUT2D eigenvalue weighted by Crippen LogP contribution is 2.17. The summed E-state index contributed by atoms with van der Waals surface area (Å²) in [4.78, 5) is 21.6. The summed E-state index contributed by atoms with van der Waals surface area (Å²) in [5.74, 6) is -4.01. The predicted octanol–water partition coefficient (Wildman–Crippen LogP) is -0.855. The molecule has 3 N–H and O–H groups in total. The maximum atomic E-state index is 9.04. The van der Waals surface area contributed by atoms with Gasteiger partial charge in [0.2, 0.25) is 0 Å². The van der Waals surface area contributed by atoms with Gasteiger partial charge in [-0.2, -0.15) is 0 Å². The van der Waals surface area contributed by atoms with Crippen molar-refractivity contribution in [1.82, 2.24) is 5.32 Å². The number of carboxylic acids is 2. The van der Waals surface area contributed by atoms with Crippen molar-refractivity contribution in [2.45, 2.75) is 76.3 Å². The van der Waals surface area contributed by atoms with Crippen LogP contribution in [0.5, 0.6) is 0 Å². The van der Waals surface area contributed by atoms with Gasteiger partial charge in [-0.25, -0.2) is 15.1 Å². The smallest absolute Gasteiger partial charge is 0.442 e. The van der Waals surface area contributed by atoms with Crippen LogP contribution in [0.4, 0.5) is 0 Å². The van der Waals surface area contributed by atoms with Crippen molar-refractivity contribution in [3.05, 3.63) is 0 Å². The van der Waals surface area contributed by atoms with E-state index in [2.05, 4.69) is 10.3 Å². The van der Waals surface area contributed by atoms with Gasteiger partial charge in [-0.3, -0.25) is 0 Å². The Bertz CT molecular complexity index is 387. The molecule has 0 spiro atoms. The zero-order valence-corrected chi connectivity index (χ0v) is 13.8. The summed E-state index contributed by atoms with van der Waals surface area (Å²) in [6.45, 7) is 0. The highest BCUT2D eigenvalue weighted by Gasteiger charge is 2.22. The maximum absolute atomic E-state index is 9.04. The van der Waals surface area contributed by atoms with Crippen LogP contribution in [-0.2, 0) is 14.3 Å². The quantitative estimate of drug-likeness (QED) is 0.346. The van der Waals surface area contributed by atoms with Crippen molar-refractivity contribution in [2.24, 2.45) is 0 Å². The largest absolute Gasteiger partial charge is 0.539 e. The van der Waals surface area contributed by atoms with Crippen LogP contribution in [0, 0.1) is 0 Å².